The van der Waals surface area contributed by atoms with Gasteiger partial charge in [0.2, 0.25) is 6.41 Å². The molecule has 108 valence electrons. The van der Waals surface area contributed by atoms with E-state index in [4.69, 9.17) is 9.63 Å². The van der Waals surface area contributed by atoms with E-state index in [1.807, 2.05) is 35.2 Å². The fraction of sp³-hybridized carbons (Fsp3) is 0.429. The van der Waals surface area contributed by atoms with Crippen LogP contribution in [0.5, 0.6) is 0 Å². The van der Waals surface area contributed by atoms with Crippen LogP contribution in [0.1, 0.15) is 18.4 Å². The van der Waals surface area contributed by atoms with Crippen LogP contribution >= 0.6 is 0 Å². The molecule has 3 rings (SSSR count). The Kier molecular flexibility index (Phi) is 4.95. The van der Waals surface area contributed by atoms with Gasteiger partial charge < -0.3 is 10.6 Å². The number of primary amides is 1. The van der Waals surface area contributed by atoms with Crippen molar-refractivity contribution in [3.8, 4) is 0 Å². The van der Waals surface area contributed by atoms with Gasteiger partial charge in [-0.1, -0.05) is 30.3 Å². The SMILES string of the molecule is NC=O.O=C1N2CCC[C@H](C2)N1OCc1ccccc1. The molecule has 0 unspecified atom stereocenters. The van der Waals surface area contributed by atoms with Crippen molar-refractivity contribution in [1.82, 2.24) is 9.96 Å². The van der Waals surface area contributed by atoms with Crippen molar-refractivity contribution in [1.29, 1.82) is 0 Å². The van der Waals surface area contributed by atoms with Gasteiger partial charge >= 0.3 is 6.03 Å². The van der Waals surface area contributed by atoms with Crippen molar-refractivity contribution in [3.63, 3.8) is 0 Å². The Morgan fingerprint density at radius 1 is 1.35 bits per heavy atom. The molecule has 2 fully saturated rings. The number of hydrogen-bond acceptors (Lipinski definition) is 3. The highest BCUT2D eigenvalue weighted by atomic mass is 16.7. The van der Waals surface area contributed by atoms with Gasteiger partial charge in [0.15, 0.2) is 0 Å². The molecule has 0 aliphatic carbocycles. The van der Waals surface area contributed by atoms with E-state index in [1.54, 1.807) is 5.06 Å². The van der Waals surface area contributed by atoms with E-state index in [2.05, 4.69) is 5.73 Å². The zero-order chi connectivity index (χ0) is 14.4. The quantitative estimate of drug-likeness (QED) is 0.841. The Labute approximate surface area is 118 Å². The number of carbonyl (C=O) groups is 2. The summed E-state index contributed by atoms with van der Waals surface area (Å²) >= 11 is 0. The maximum Gasteiger partial charge on any atom is 0.344 e. The first-order valence-corrected chi connectivity index (χ1v) is 6.66. The minimum absolute atomic E-state index is 0.0310. The first-order valence-electron chi connectivity index (χ1n) is 6.66. The van der Waals surface area contributed by atoms with E-state index >= 15 is 0 Å². The number of nitrogens with two attached hydrogens (primary N) is 1. The van der Waals surface area contributed by atoms with Crippen LogP contribution in [0, 0.1) is 0 Å². The molecule has 2 saturated heterocycles. The predicted molar refractivity (Wildman–Crippen MR) is 73.3 cm³/mol. The molecule has 2 heterocycles. The number of hydrogen-bond donors (Lipinski definition) is 1. The first kappa shape index (κ1) is 14.3. The van der Waals surface area contributed by atoms with Crippen LogP contribution in [-0.2, 0) is 16.2 Å². The van der Waals surface area contributed by atoms with Gasteiger partial charge in [0.25, 0.3) is 0 Å². The second-order valence-corrected chi connectivity index (χ2v) is 4.75. The van der Waals surface area contributed by atoms with Gasteiger partial charge in [0, 0.05) is 13.1 Å². The summed E-state index contributed by atoms with van der Waals surface area (Å²) in [6.45, 7) is 2.17. The van der Waals surface area contributed by atoms with E-state index in [-0.39, 0.29) is 18.5 Å². The van der Waals surface area contributed by atoms with Crippen molar-refractivity contribution in [2.24, 2.45) is 5.73 Å². The molecule has 0 saturated carbocycles. The summed E-state index contributed by atoms with van der Waals surface area (Å²) in [6, 6.07) is 10.2. The lowest BCUT2D eigenvalue weighted by atomic mass is 10.1. The molecule has 2 aliphatic rings. The van der Waals surface area contributed by atoms with Crippen LogP contribution in [0.25, 0.3) is 0 Å². The normalized spacial score (nSPS) is 20.4. The minimum atomic E-state index is 0.0310. The zero-order valence-electron chi connectivity index (χ0n) is 11.3. The molecule has 2 aliphatic heterocycles. The smallest absolute Gasteiger partial charge is 0.344 e. The van der Waals surface area contributed by atoms with Gasteiger partial charge in [-0.25, -0.2) is 4.79 Å². The maximum absolute atomic E-state index is 11.9. The molecule has 1 atom stereocenters. The third kappa shape index (κ3) is 3.27. The van der Waals surface area contributed by atoms with Crippen LogP contribution in [0.3, 0.4) is 0 Å². The Bertz CT molecular complexity index is 452. The number of amides is 3. The Hall–Kier alpha value is -2.08. The van der Waals surface area contributed by atoms with E-state index in [0.717, 1.165) is 31.5 Å². The Morgan fingerprint density at radius 2 is 2.05 bits per heavy atom. The topological polar surface area (TPSA) is 75.9 Å². The lowest BCUT2D eigenvalue weighted by molar-refractivity contribution is -0.140. The number of rotatable bonds is 3. The standard InChI is InChI=1S/C13H16N2O2.CH3NO/c16-13-14-8-4-7-12(9-14)15(13)17-10-11-5-2-1-3-6-11;2-1-3/h1-3,5-6,12H,4,7-10H2;1H,(H2,2,3)/t12-;/m1./s1. The number of urea groups is 1. The van der Waals surface area contributed by atoms with Crippen molar-refractivity contribution in [2.75, 3.05) is 13.1 Å². The van der Waals surface area contributed by atoms with Crippen molar-refractivity contribution in [2.45, 2.75) is 25.5 Å². The van der Waals surface area contributed by atoms with Gasteiger partial charge in [-0.15, -0.1) is 0 Å². The molecule has 2 N–H and O–H groups in total. The van der Waals surface area contributed by atoms with Gasteiger partial charge in [-0.3, -0.25) is 9.63 Å². The maximum atomic E-state index is 11.9. The molecular formula is C14H19N3O3. The summed E-state index contributed by atoms with van der Waals surface area (Å²) < 4.78 is 0. The number of fused-ring (bicyclic) bond motifs is 2. The molecule has 0 radical (unpaired) electrons. The molecule has 3 amide bonds. The number of benzene rings is 1. The summed E-state index contributed by atoms with van der Waals surface area (Å²) in [4.78, 5) is 28.0. The van der Waals surface area contributed by atoms with Crippen molar-refractivity contribution in [3.05, 3.63) is 35.9 Å². The molecule has 1 aromatic carbocycles. The van der Waals surface area contributed by atoms with Gasteiger partial charge in [0.1, 0.15) is 6.61 Å². The lowest BCUT2D eigenvalue weighted by Gasteiger charge is -2.22. The second kappa shape index (κ2) is 6.91. The molecule has 2 bridgehead atoms. The summed E-state index contributed by atoms with van der Waals surface area (Å²) in [5.74, 6) is 0. The molecular weight excluding hydrogens is 258 g/mol. The summed E-state index contributed by atoms with van der Waals surface area (Å²) in [6.07, 6.45) is 2.39. The van der Waals surface area contributed by atoms with Crippen molar-refractivity contribution < 1.29 is 14.4 Å². The molecule has 0 aromatic heterocycles. The first-order chi connectivity index (χ1) is 9.76. The Balaban J connectivity index is 0.000000452. The Morgan fingerprint density at radius 3 is 2.70 bits per heavy atom. The minimum Gasteiger partial charge on any atom is -0.372 e. The molecule has 20 heavy (non-hydrogen) atoms. The third-order valence-corrected chi connectivity index (χ3v) is 3.40. The van der Waals surface area contributed by atoms with E-state index in [1.165, 1.54) is 0 Å². The van der Waals surface area contributed by atoms with Crippen LogP contribution in [0.15, 0.2) is 30.3 Å². The highest BCUT2D eigenvalue weighted by molar-refractivity contribution is 5.76. The van der Waals surface area contributed by atoms with Crippen LogP contribution in [-0.4, -0.2) is 41.5 Å². The average molecular weight is 277 g/mol. The molecule has 6 nitrogen and oxygen atoms in total. The number of carbonyl (C=O) groups excluding carboxylic acids is 2. The van der Waals surface area contributed by atoms with Crippen LogP contribution < -0.4 is 5.73 Å². The second-order valence-electron chi connectivity index (χ2n) is 4.75. The molecule has 0 spiro atoms. The number of piperidine rings is 1. The highest BCUT2D eigenvalue weighted by Crippen LogP contribution is 2.25. The summed E-state index contributed by atoms with van der Waals surface area (Å²) in [7, 11) is 0. The number of hydroxylamine groups is 2. The predicted octanol–water partition coefficient (Wildman–Crippen LogP) is 1.12. The van der Waals surface area contributed by atoms with E-state index in [9.17, 15) is 4.79 Å². The highest BCUT2D eigenvalue weighted by Gasteiger charge is 2.40. The average Bonchev–Trinajstić information content (AvgIpc) is 2.69. The van der Waals surface area contributed by atoms with Crippen molar-refractivity contribution >= 4 is 12.4 Å². The van der Waals surface area contributed by atoms with Crippen LogP contribution in [0.2, 0.25) is 0 Å². The molecule has 6 heteroatoms. The zero-order valence-corrected chi connectivity index (χ0v) is 11.3. The van der Waals surface area contributed by atoms with Gasteiger partial charge in [-0.05, 0) is 18.4 Å². The number of nitrogens with zero attached hydrogens (tertiary/aromatic N) is 2. The fourth-order valence-corrected chi connectivity index (χ4v) is 2.49. The summed E-state index contributed by atoms with van der Waals surface area (Å²) in [5, 5.41) is 1.57. The van der Waals surface area contributed by atoms with Gasteiger partial charge in [0.05, 0.1) is 6.04 Å². The summed E-state index contributed by atoms with van der Waals surface area (Å²) in [5.41, 5.74) is 5.26. The van der Waals surface area contributed by atoms with E-state index in [0.29, 0.717) is 6.61 Å². The monoisotopic (exact) mass is 277 g/mol. The van der Waals surface area contributed by atoms with Gasteiger partial charge in [-0.2, -0.15) is 5.06 Å². The third-order valence-electron chi connectivity index (χ3n) is 3.40. The lowest BCUT2D eigenvalue weighted by Crippen LogP contribution is -2.33. The fourth-order valence-electron chi connectivity index (χ4n) is 2.49. The van der Waals surface area contributed by atoms with Crippen LogP contribution in [0.4, 0.5) is 4.79 Å². The van der Waals surface area contributed by atoms with E-state index < -0.39 is 0 Å². The largest absolute Gasteiger partial charge is 0.372 e. The molecule has 1 aromatic rings.